The van der Waals surface area contributed by atoms with Crippen molar-refractivity contribution in [3.05, 3.63) is 42.0 Å². The fourth-order valence-corrected chi connectivity index (χ4v) is 3.62. The normalized spacial score (nSPS) is 11.7. The molecule has 0 atom stereocenters. The summed E-state index contributed by atoms with van der Waals surface area (Å²) in [5.41, 5.74) is 0.345. The molecule has 0 saturated carbocycles. The van der Waals surface area contributed by atoms with E-state index < -0.39 is 10.0 Å². The molecule has 2 aromatic rings. The molecule has 26 heavy (non-hydrogen) atoms. The van der Waals surface area contributed by atoms with E-state index in [1.54, 1.807) is 25.5 Å². The second kappa shape index (κ2) is 8.41. The van der Waals surface area contributed by atoms with Gasteiger partial charge in [0.2, 0.25) is 10.0 Å². The fraction of sp³-hybridized carbons (Fsp3) is 0.471. The Hall–Kier alpha value is -2.26. The van der Waals surface area contributed by atoms with Crippen LogP contribution < -0.4 is 0 Å². The first-order chi connectivity index (χ1) is 12.3. The number of aryl methyl sites for hydroxylation is 1. The lowest BCUT2D eigenvalue weighted by atomic mass is 10.2. The minimum atomic E-state index is -3.75. The number of carbonyl (C=O) groups excluding carboxylic acids is 1. The third-order valence-corrected chi connectivity index (χ3v) is 5.93. The number of rotatable bonds is 8. The lowest BCUT2D eigenvalue weighted by molar-refractivity contribution is 0.0802. The summed E-state index contributed by atoms with van der Waals surface area (Å²) in [4.78, 5) is 13.9. The first-order valence-corrected chi connectivity index (χ1v) is 9.93. The highest BCUT2D eigenvalue weighted by Gasteiger charge is 2.24. The fourth-order valence-electron chi connectivity index (χ4n) is 2.45. The summed E-state index contributed by atoms with van der Waals surface area (Å²) in [6.45, 7) is 5.26. The van der Waals surface area contributed by atoms with Crippen LogP contribution in [0.4, 0.5) is 0 Å². The van der Waals surface area contributed by atoms with Crippen molar-refractivity contribution in [2.24, 2.45) is 0 Å². The van der Waals surface area contributed by atoms with Crippen molar-refractivity contribution in [3.63, 3.8) is 0 Å². The summed E-state index contributed by atoms with van der Waals surface area (Å²) in [6, 6.07) is 6.10. The smallest absolute Gasteiger partial charge is 0.253 e. The van der Waals surface area contributed by atoms with Crippen LogP contribution in [0.25, 0.3) is 0 Å². The number of amides is 1. The second-order valence-electron chi connectivity index (χ2n) is 6.05. The van der Waals surface area contributed by atoms with Crippen molar-refractivity contribution in [2.45, 2.75) is 38.3 Å². The number of hydrogen-bond acceptors (Lipinski definition) is 5. The van der Waals surface area contributed by atoms with Gasteiger partial charge in [-0.05, 0) is 31.5 Å². The van der Waals surface area contributed by atoms with Crippen LogP contribution in [-0.4, -0.2) is 58.9 Å². The second-order valence-corrected chi connectivity index (χ2v) is 8.09. The number of sulfonamides is 1. The Kier molecular flexibility index (Phi) is 6.49. The molecular weight excluding hydrogens is 354 g/mol. The molecular formula is C17H25N5O3S. The van der Waals surface area contributed by atoms with Crippen molar-refractivity contribution in [1.29, 1.82) is 0 Å². The van der Waals surface area contributed by atoms with E-state index in [0.717, 1.165) is 13.0 Å². The summed E-state index contributed by atoms with van der Waals surface area (Å²) in [7, 11) is -0.584. The summed E-state index contributed by atoms with van der Waals surface area (Å²) in [5.74, 6) is 0.366. The number of benzene rings is 1. The Morgan fingerprint density at radius 2 is 1.96 bits per heavy atom. The molecule has 0 aliphatic carbocycles. The van der Waals surface area contributed by atoms with E-state index in [0.29, 0.717) is 17.9 Å². The molecule has 9 heteroatoms. The van der Waals surface area contributed by atoms with Gasteiger partial charge in [-0.25, -0.2) is 8.42 Å². The Labute approximate surface area is 154 Å². The van der Waals surface area contributed by atoms with Gasteiger partial charge < -0.3 is 9.47 Å². The number of aromatic nitrogens is 3. The highest BCUT2D eigenvalue weighted by atomic mass is 32.2. The van der Waals surface area contributed by atoms with Crippen molar-refractivity contribution >= 4 is 15.9 Å². The minimum Gasteiger partial charge on any atom is -0.342 e. The van der Waals surface area contributed by atoms with E-state index in [-0.39, 0.29) is 17.3 Å². The van der Waals surface area contributed by atoms with Gasteiger partial charge in [-0.1, -0.05) is 13.0 Å². The molecule has 1 aromatic heterocycles. The first-order valence-electron chi connectivity index (χ1n) is 8.49. The molecule has 1 aromatic carbocycles. The molecule has 8 nitrogen and oxygen atoms in total. The molecule has 142 valence electrons. The van der Waals surface area contributed by atoms with E-state index >= 15 is 0 Å². The zero-order chi connectivity index (χ0) is 19.3. The van der Waals surface area contributed by atoms with E-state index in [1.807, 2.05) is 18.4 Å². The van der Waals surface area contributed by atoms with Crippen LogP contribution in [0.15, 0.2) is 35.5 Å². The van der Waals surface area contributed by atoms with Crippen molar-refractivity contribution in [3.8, 4) is 0 Å². The third-order valence-electron chi connectivity index (χ3n) is 4.13. The molecule has 2 rings (SSSR count). The molecule has 0 radical (unpaired) electrons. The van der Waals surface area contributed by atoms with E-state index in [4.69, 9.17) is 0 Å². The zero-order valence-electron chi connectivity index (χ0n) is 15.6. The van der Waals surface area contributed by atoms with Gasteiger partial charge in [-0.15, -0.1) is 10.2 Å². The Bertz CT molecular complexity index is 863. The molecule has 0 saturated heterocycles. The van der Waals surface area contributed by atoms with Crippen molar-refractivity contribution in [2.75, 3.05) is 20.6 Å². The molecule has 0 bridgehead atoms. The molecule has 0 spiro atoms. The summed E-state index contributed by atoms with van der Waals surface area (Å²) < 4.78 is 28.8. The third kappa shape index (κ3) is 4.28. The number of carbonyl (C=O) groups is 1. The molecule has 0 aliphatic rings. The van der Waals surface area contributed by atoms with Crippen LogP contribution in [0.1, 0.15) is 36.5 Å². The van der Waals surface area contributed by atoms with Crippen LogP contribution in [0.3, 0.4) is 0 Å². The lowest BCUT2D eigenvalue weighted by Crippen LogP contribution is -2.29. The standard InChI is InChI=1S/C17H25N5O3S/c1-5-10-22-13-18-19-16(22)12-21(4)26(24,25)15-9-7-8-14(11-15)17(23)20(3)6-2/h7-9,11,13H,5-6,10,12H2,1-4H3. The Morgan fingerprint density at radius 3 is 2.62 bits per heavy atom. The van der Waals surface area contributed by atoms with Crippen LogP contribution in [0.2, 0.25) is 0 Å². The summed E-state index contributed by atoms with van der Waals surface area (Å²) in [6.07, 6.45) is 2.50. The lowest BCUT2D eigenvalue weighted by Gasteiger charge is -2.18. The van der Waals surface area contributed by atoms with Crippen molar-refractivity contribution < 1.29 is 13.2 Å². The largest absolute Gasteiger partial charge is 0.342 e. The number of nitrogens with zero attached hydrogens (tertiary/aromatic N) is 5. The average molecular weight is 379 g/mol. The van der Waals surface area contributed by atoms with Crippen LogP contribution >= 0.6 is 0 Å². The minimum absolute atomic E-state index is 0.0805. The molecule has 0 fully saturated rings. The summed E-state index contributed by atoms with van der Waals surface area (Å²) >= 11 is 0. The highest BCUT2D eigenvalue weighted by molar-refractivity contribution is 7.89. The maximum absolute atomic E-state index is 12.9. The molecule has 0 N–H and O–H groups in total. The predicted molar refractivity (Wildman–Crippen MR) is 98.0 cm³/mol. The maximum atomic E-state index is 12.9. The molecule has 1 amide bonds. The van der Waals surface area contributed by atoms with Crippen molar-refractivity contribution in [1.82, 2.24) is 24.0 Å². The van der Waals surface area contributed by atoms with E-state index in [2.05, 4.69) is 10.2 Å². The van der Waals surface area contributed by atoms with Gasteiger partial charge in [0.15, 0.2) is 0 Å². The zero-order valence-corrected chi connectivity index (χ0v) is 16.4. The maximum Gasteiger partial charge on any atom is 0.253 e. The van der Waals surface area contributed by atoms with Crippen LogP contribution in [0.5, 0.6) is 0 Å². The quantitative estimate of drug-likeness (QED) is 0.695. The topological polar surface area (TPSA) is 88.4 Å². The Balaban J connectivity index is 2.26. The highest BCUT2D eigenvalue weighted by Crippen LogP contribution is 2.18. The van der Waals surface area contributed by atoms with Crippen LogP contribution in [0, 0.1) is 0 Å². The van der Waals surface area contributed by atoms with Gasteiger partial charge >= 0.3 is 0 Å². The van der Waals surface area contributed by atoms with E-state index in [9.17, 15) is 13.2 Å². The Morgan fingerprint density at radius 1 is 1.23 bits per heavy atom. The van der Waals surface area contributed by atoms with Gasteiger partial charge in [0, 0.05) is 32.7 Å². The number of hydrogen-bond donors (Lipinski definition) is 0. The van der Waals surface area contributed by atoms with Gasteiger partial charge in [0.25, 0.3) is 5.91 Å². The van der Waals surface area contributed by atoms with Gasteiger partial charge in [-0.3, -0.25) is 4.79 Å². The predicted octanol–water partition coefficient (Wildman–Crippen LogP) is 1.60. The van der Waals surface area contributed by atoms with Crippen LogP contribution in [-0.2, 0) is 23.1 Å². The first kappa shape index (κ1) is 20.1. The molecule has 0 unspecified atom stereocenters. The monoisotopic (exact) mass is 379 g/mol. The average Bonchev–Trinajstić information content (AvgIpc) is 3.07. The van der Waals surface area contributed by atoms with E-state index in [1.165, 1.54) is 28.4 Å². The summed E-state index contributed by atoms with van der Waals surface area (Å²) in [5, 5.41) is 7.86. The van der Waals surface area contributed by atoms with Gasteiger partial charge in [0.05, 0.1) is 11.4 Å². The molecule has 1 heterocycles. The SMILES string of the molecule is CCCn1cnnc1CN(C)S(=O)(=O)c1cccc(C(=O)N(C)CC)c1. The van der Waals surface area contributed by atoms with Gasteiger partial charge in [0.1, 0.15) is 12.2 Å². The molecule has 0 aliphatic heterocycles. The van der Waals surface area contributed by atoms with Gasteiger partial charge in [-0.2, -0.15) is 4.31 Å².